The molecule has 3 N–H and O–H groups in total. The highest BCUT2D eigenvalue weighted by Gasteiger charge is 2.06. The van der Waals surface area contributed by atoms with Gasteiger partial charge in [0.1, 0.15) is 0 Å². The van der Waals surface area contributed by atoms with E-state index in [1.165, 1.54) is 6.92 Å². The molecule has 5 nitrogen and oxygen atoms in total. The van der Waals surface area contributed by atoms with Gasteiger partial charge in [0.25, 0.3) is 0 Å². The standard InChI is InChI=1S/C17H17Cl2N3O2/c1-11(23)21-12-4-2-5-13(10-12)22-16(24)8-9-20-15-7-3-6-14(18)17(15)19/h2-7,10,20H,8-9H2,1H3,(H,21,23)(H,22,24). The Labute approximate surface area is 150 Å². The molecule has 0 bridgehead atoms. The summed E-state index contributed by atoms with van der Waals surface area (Å²) in [4.78, 5) is 23.0. The summed E-state index contributed by atoms with van der Waals surface area (Å²) in [6, 6.07) is 12.2. The van der Waals surface area contributed by atoms with Gasteiger partial charge in [0.15, 0.2) is 0 Å². The van der Waals surface area contributed by atoms with Crippen molar-refractivity contribution in [2.45, 2.75) is 13.3 Å². The number of rotatable bonds is 6. The molecule has 2 aromatic rings. The first-order chi connectivity index (χ1) is 11.5. The fourth-order valence-electron chi connectivity index (χ4n) is 2.05. The molecule has 0 spiro atoms. The minimum atomic E-state index is -0.166. The molecule has 0 saturated carbocycles. The lowest BCUT2D eigenvalue weighted by molar-refractivity contribution is -0.116. The molecule has 0 aliphatic heterocycles. The van der Waals surface area contributed by atoms with Gasteiger partial charge in [0.2, 0.25) is 11.8 Å². The van der Waals surface area contributed by atoms with Gasteiger partial charge in [-0.3, -0.25) is 9.59 Å². The Morgan fingerprint density at radius 1 is 1.00 bits per heavy atom. The molecule has 0 heterocycles. The van der Waals surface area contributed by atoms with Crippen molar-refractivity contribution in [3.8, 4) is 0 Å². The molecular weight excluding hydrogens is 349 g/mol. The van der Waals surface area contributed by atoms with Crippen molar-refractivity contribution in [3.05, 3.63) is 52.5 Å². The summed E-state index contributed by atoms with van der Waals surface area (Å²) in [5.74, 6) is -0.318. The Hall–Kier alpha value is -2.24. The third-order valence-electron chi connectivity index (χ3n) is 3.09. The minimum Gasteiger partial charge on any atom is -0.383 e. The highest BCUT2D eigenvalue weighted by Crippen LogP contribution is 2.29. The van der Waals surface area contributed by atoms with Crippen LogP contribution in [0.3, 0.4) is 0 Å². The largest absolute Gasteiger partial charge is 0.383 e. The highest BCUT2D eigenvalue weighted by atomic mass is 35.5. The zero-order valence-corrected chi connectivity index (χ0v) is 14.5. The van der Waals surface area contributed by atoms with E-state index in [9.17, 15) is 9.59 Å². The molecule has 0 atom stereocenters. The zero-order chi connectivity index (χ0) is 17.5. The summed E-state index contributed by atoms with van der Waals surface area (Å²) < 4.78 is 0. The van der Waals surface area contributed by atoms with Crippen molar-refractivity contribution in [2.75, 3.05) is 22.5 Å². The van der Waals surface area contributed by atoms with E-state index in [1.807, 2.05) is 0 Å². The molecule has 2 amide bonds. The second kappa shape index (κ2) is 8.57. The lowest BCUT2D eigenvalue weighted by Gasteiger charge is -2.10. The molecule has 126 valence electrons. The molecule has 0 radical (unpaired) electrons. The lowest BCUT2D eigenvalue weighted by atomic mass is 10.2. The van der Waals surface area contributed by atoms with Crippen LogP contribution in [-0.4, -0.2) is 18.4 Å². The fraction of sp³-hybridized carbons (Fsp3) is 0.176. The first-order valence-corrected chi connectivity index (χ1v) is 8.06. The van der Waals surface area contributed by atoms with Crippen LogP contribution in [0.2, 0.25) is 10.0 Å². The number of benzene rings is 2. The maximum Gasteiger partial charge on any atom is 0.226 e. The van der Waals surface area contributed by atoms with Gasteiger partial charge < -0.3 is 16.0 Å². The molecule has 0 saturated heterocycles. The number of carbonyl (C=O) groups excluding carboxylic acids is 2. The van der Waals surface area contributed by atoms with E-state index in [0.29, 0.717) is 33.7 Å². The van der Waals surface area contributed by atoms with E-state index in [2.05, 4.69) is 16.0 Å². The van der Waals surface area contributed by atoms with Crippen molar-refractivity contribution < 1.29 is 9.59 Å². The van der Waals surface area contributed by atoms with E-state index in [-0.39, 0.29) is 18.2 Å². The first kappa shape index (κ1) is 18.1. The van der Waals surface area contributed by atoms with E-state index < -0.39 is 0 Å². The number of hydrogen-bond donors (Lipinski definition) is 3. The van der Waals surface area contributed by atoms with E-state index in [4.69, 9.17) is 23.2 Å². The molecule has 0 aromatic heterocycles. The van der Waals surface area contributed by atoms with Gasteiger partial charge in [-0.15, -0.1) is 0 Å². The maximum atomic E-state index is 12.0. The van der Waals surface area contributed by atoms with Gasteiger partial charge in [-0.2, -0.15) is 0 Å². The third-order valence-corrected chi connectivity index (χ3v) is 3.90. The average molecular weight is 366 g/mol. The first-order valence-electron chi connectivity index (χ1n) is 7.31. The van der Waals surface area contributed by atoms with Crippen LogP contribution in [0.25, 0.3) is 0 Å². The zero-order valence-electron chi connectivity index (χ0n) is 13.0. The van der Waals surface area contributed by atoms with E-state index in [0.717, 1.165) is 0 Å². The minimum absolute atomic E-state index is 0.152. The van der Waals surface area contributed by atoms with Gasteiger partial charge in [-0.05, 0) is 30.3 Å². The summed E-state index contributed by atoms with van der Waals surface area (Å²) >= 11 is 12.0. The monoisotopic (exact) mass is 365 g/mol. The SMILES string of the molecule is CC(=O)Nc1cccc(NC(=O)CCNc2cccc(Cl)c2Cl)c1. The van der Waals surface area contributed by atoms with Crippen LogP contribution in [0.4, 0.5) is 17.1 Å². The van der Waals surface area contributed by atoms with Crippen LogP contribution in [0.5, 0.6) is 0 Å². The van der Waals surface area contributed by atoms with Gasteiger partial charge in [-0.1, -0.05) is 35.3 Å². The molecule has 2 rings (SSSR count). The molecule has 24 heavy (non-hydrogen) atoms. The third kappa shape index (κ3) is 5.44. The van der Waals surface area contributed by atoms with Gasteiger partial charge >= 0.3 is 0 Å². The smallest absolute Gasteiger partial charge is 0.226 e. The highest BCUT2D eigenvalue weighted by molar-refractivity contribution is 6.43. The predicted octanol–water partition coefficient (Wildman–Crippen LogP) is 4.39. The van der Waals surface area contributed by atoms with E-state index >= 15 is 0 Å². The summed E-state index contributed by atoms with van der Waals surface area (Å²) in [5, 5.41) is 9.41. The van der Waals surface area contributed by atoms with Crippen molar-refractivity contribution >= 4 is 52.1 Å². The molecule has 2 aromatic carbocycles. The van der Waals surface area contributed by atoms with E-state index in [1.54, 1.807) is 42.5 Å². The quantitative estimate of drug-likeness (QED) is 0.710. The summed E-state index contributed by atoms with van der Waals surface area (Å²) in [6.07, 6.45) is 0.257. The topological polar surface area (TPSA) is 70.2 Å². The Morgan fingerprint density at radius 2 is 1.67 bits per heavy atom. The van der Waals surface area contributed by atoms with Gasteiger partial charge in [0.05, 0.1) is 15.7 Å². The van der Waals surface area contributed by atoms with Crippen molar-refractivity contribution in [2.24, 2.45) is 0 Å². The van der Waals surface area contributed by atoms with Crippen molar-refractivity contribution in [1.29, 1.82) is 0 Å². The second-order valence-corrected chi connectivity index (χ2v) is 5.87. The molecule has 7 heteroatoms. The number of amides is 2. The summed E-state index contributed by atoms with van der Waals surface area (Å²) in [7, 11) is 0. The van der Waals surface area contributed by atoms with Crippen molar-refractivity contribution in [1.82, 2.24) is 0 Å². The fourth-order valence-corrected chi connectivity index (χ4v) is 2.42. The molecule has 0 aliphatic rings. The number of anilines is 3. The molecular formula is C17H17Cl2N3O2. The van der Waals surface area contributed by atoms with Crippen LogP contribution in [-0.2, 0) is 9.59 Å². The van der Waals surface area contributed by atoms with Crippen molar-refractivity contribution in [3.63, 3.8) is 0 Å². The number of nitrogens with one attached hydrogen (secondary N) is 3. The van der Waals surface area contributed by atoms with Crippen LogP contribution < -0.4 is 16.0 Å². The predicted molar refractivity (Wildman–Crippen MR) is 98.9 cm³/mol. The Kier molecular flexibility index (Phi) is 6.46. The van der Waals surface area contributed by atoms with Gasteiger partial charge in [-0.25, -0.2) is 0 Å². The Balaban J connectivity index is 1.85. The molecule has 0 fully saturated rings. The normalized spacial score (nSPS) is 10.1. The molecule has 0 unspecified atom stereocenters. The Morgan fingerprint density at radius 3 is 2.38 bits per heavy atom. The summed E-state index contributed by atoms with van der Waals surface area (Å²) in [5.41, 5.74) is 1.93. The van der Waals surface area contributed by atoms with Crippen LogP contribution in [0, 0.1) is 0 Å². The van der Waals surface area contributed by atoms with Crippen LogP contribution in [0.15, 0.2) is 42.5 Å². The van der Waals surface area contributed by atoms with Crippen LogP contribution in [0.1, 0.15) is 13.3 Å². The number of halogens is 2. The number of hydrogen-bond acceptors (Lipinski definition) is 3. The average Bonchev–Trinajstić information content (AvgIpc) is 2.51. The summed E-state index contributed by atoms with van der Waals surface area (Å²) in [6.45, 7) is 1.84. The Bertz CT molecular complexity index is 750. The van der Waals surface area contributed by atoms with Gasteiger partial charge in [0, 0.05) is 31.3 Å². The van der Waals surface area contributed by atoms with Crippen LogP contribution >= 0.6 is 23.2 Å². The lowest BCUT2D eigenvalue weighted by Crippen LogP contribution is -2.16. The second-order valence-electron chi connectivity index (χ2n) is 5.09. The maximum absolute atomic E-state index is 12.0. The number of carbonyl (C=O) groups is 2. The molecule has 0 aliphatic carbocycles.